The molecule has 3 nitrogen and oxygen atoms in total. The van der Waals surface area contributed by atoms with E-state index in [9.17, 15) is 13.6 Å². The van der Waals surface area contributed by atoms with Gasteiger partial charge in [-0.3, -0.25) is 4.79 Å². The third-order valence-electron chi connectivity index (χ3n) is 3.13. The van der Waals surface area contributed by atoms with E-state index in [1.165, 1.54) is 12.2 Å². The van der Waals surface area contributed by atoms with Crippen LogP contribution in [-0.2, 0) is 4.79 Å². The summed E-state index contributed by atoms with van der Waals surface area (Å²) in [5, 5.41) is 11.3. The summed E-state index contributed by atoms with van der Waals surface area (Å²) < 4.78 is 27.6. The van der Waals surface area contributed by atoms with Gasteiger partial charge in [-0.15, -0.1) is 0 Å². The van der Waals surface area contributed by atoms with Crippen molar-refractivity contribution in [1.82, 2.24) is 5.32 Å². The van der Waals surface area contributed by atoms with Gasteiger partial charge >= 0.3 is 0 Å². The second-order valence-corrected chi connectivity index (χ2v) is 5.14. The van der Waals surface area contributed by atoms with Gasteiger partial charge in [0.1, 0.15) is 17.5 Å². The second kappa shape index (κ2) is 8.80. The Kier molecular flexibility index (Phi) is 7.09. The van der Waals surface area contributed by atoms with Crippen molar-refractivity contribution in [2.75, 3.05) is 0 Å². The molecule has 0 bridgehead atoms. The number of rotatable bonds is 6. The van der Waals surface area contributed by atoms with Crippen LogP contribution in [-0.4, -0.2) is 11.9 Å². The van der Waals surface area contributed by atoms with E-state index in [1.807, 2.05) is 0 Å². The fourth-order valence-corrected chi connectivity index (χ4v) is 2.02. The summed E-state index contributed by atoms with van der Waals surface area (Å²) in [5.74, 6) is -2.74. The molecule has 0 saturated heterocycles. The molecule has 0 aliphatic carbocycles. The highest BCUT2D eigenvalue weighted by Crippen LogP contribution is 2.23. The Morgan fingerprint density at radius 3 is 2.62 bits per heavy atom. The molecule has 1 amide bonds. The van der Waals surface area contributed by atoms with Gasteiger partial charge in [0, 0.05) is 5.56 Å². The Morgan fingerprint density at radius 2 is 2.08 bits per heavy atom. The first kappa shape index (κ1) is 19.3. The van der Waals surface area contributed by atoms with Gasteiger partial charge in [-0.05, 0) is 30.7 Å². The number of carbonyl (C=O) groups is 1. The first-order valence-electron chi connectivity index (χ1n) is 6.86. The fourth-order valence-electron chi connectivity index (χ4n) is 1.85. The van der Waals surface area contributed by atoms with Gasteiger partial charge in [0.15, 0.2) is 5.82 Å². The van der Waals surface area contributed by atoms with Gasteiger partial charge < -0.3 is 5.32 Å². The molecular formula is C18H15ClF2N2O. The number of halogens is 3. The molecule has 0 saturated carbocycles. The largest absolute Gasteiger partial charge is 0.345 e. The van der Waals surface area contributed by atoms with Gasteiger partial charge in [-0.1, -0.05) is 43.0 Å². The highest BCUT2D eigenvalue weighted by Gasteiger charge is 2.17. The lowest BCUT2D eigenvalue weighted by molar-refractivity contribution is -0.117. The zero-order valence-corrected chi connectivity index (χ0v) is 13.7. The number of hydrogen-bond acceptors (Lipinski definition) is 2. The zero-order valence-electron chi connectivity index (χ0n) is 12.9. The van der Waals surface area contributed by atoms with Gasteiger partial charge in [0.05, 0.1) is 11.1 Å². The summed E-state index contributed by atoms with van der Waals surface area (Å²) in [6.07, 6.45) is 5.52. The van der Waals surface area contributed by atoms with Crippen LogP contribution in [0.4, 0.5) is 8.78 Å². The number of nitrogens with one attached hydrogen (secondary N) is 1. The highest BCUT2D eigenvalue weighted by molar-refractivity contribution is 6.30. The van der Waals surface area contributed by atoms with Crippen LogP contribution in [0.1, 0.15) is 12.5 Å². The lowest BCUT2D eigenvalue weighted by Crippen LogP contribution is -2.34. The molecule has 0 heterocycles. The van der Waals surface area contributed by atoms with Gasteiger partial charge in [0.2, 0.25) is 0 Å². The summed E-state index contributed by atoms with van der Waals surface area (Å²) >= 11 is 5.59. The topological polar surface area (TPSA) is 52.9 Å². The van der Waals surface area contributed by atoms with Crippen molar-refractivity contribution in [2.45, 2.75) is 13.0 Å². The van der Waals surface area contributed by atoms with Crippen molar-refractivity contribution < 1.29 is 13.6 Å². The van der Waals surface area contributed by atoms with E-state index in [1.54, 1.807) is 19.1 Å². The molecule has 0 fully saturated rings. The van der Waals surface area contributed by atoms with Crippen LogP contribution in [0.15, 0.2) is 54.7 Å². The first-order valence-corrected chi connectivity index (χ1v) is 7.24. The third-order valence-corrected chi connectivity index (χ3v) is 3.42. The molecule has 6 heteroatoms. The molecule has 1 unspecified atom stereocenters. The third kappa shape index (κ3) is 4.64. The number of allylic oxidation sites excluding steroid dienone is 2. The number of hydrogen-bond donors (Lipinski definition) is 1. The standard InChI is InChI=1S/C18H15ClF2N2O/c1-4-6-12(5-2)11(3)23-18(24)13(10-22)9-14-16(20)8-7-15(19)17(14)21/h4-9,11H,1-2H2,3H3,(H,23,24)/b12-6+,13-9+. The van der Waals surface area contributed by atoms with Crippen LogP contribution in [0, 0.1) is 23.0 Å². The summed E-state index contributed by atoms with van der Waals surface area (Å²) in [5.41, 5.74) is -0.341. The molecule has 0 aliphatic rings. The Labute approximate surface area is 144 Å². The molecule has 1 aromatic rings. The minimum Gasteiger partial charge on any atom is -0.345 e. The average Bonchev–Trinajstić information content (AvgIpc) is 2.56. The lowest BCUT2D eigenvalue weighted by Gasteiger charge is -2.14. The van der Waals surface area contributed by atoms with E-state index in [4.69, 9.17) is 16.9 Å². The maximum absolute atomic E-state index is 13.9. The molecule has 0 spiro atoms. The molecule has 0 aliphatic heterocycles. The molecule has 1 aromatic carbocycles. The van der Waals surface area contributed by atoms with E-state index in [0.717, 1.165) is 18.2 Å². The van der Waals surface area contributed by atoms with E-state index >= 15 is 0 Å². The molecule has 0 radical (unpaired) electrons. The van der Waals surface area contributed by atoms with Crippen molar-refractivity contribution in [3.05, 3.63) is 76.9 Å². The van der Waals surface area contributed by atoms with Crippen LogP contribution < -0.4 is 5.32 Å². The van der Waals surface area contributed by atoms with Crippen molar-refractivity contribution in [1.29, 1.82) is 5.26 Å². The minimum absolute atomic E-state index is 0.309. The number of amides is 1. The predicted molar refractivity (Wildman–Crippen MR) is 91.0 cm³/mol. The Bertz CT molecular complexity index is 776. The molecule has 0 aromatic heterocycles. The van der Waals surface area contributed by atoms with Gasteiger partial charge in [0.25, 0.3) is 5.91 Å². The van der Waals surface area contributed by atoms with Crippen LogP contribution in [0.2, 0.25) is 5.02 Å². The summed E-state index contributed by atoms with van der Waals surface area (Å²) in [6.45, 7) is 8.83. The van der Waals surface area contributed by atoms with Crippen LogP contribution >= 0.6 is 11.6 Å². The average molecular weight is 349 g/mol. The summed E-state index contributed by atoms with van der Waals surface area (Å²) in [7, 11) is 0. The number of nitrogens with zero attached hydrogens (tertiary/aromatic N) is 1. The Hall–Kier alpha value is -2.71. The SMILES string of the molecule is C=C/C=C(\C=C)C(C)NC(=O)/C(C#N)=C/c1c(F)ccc(Cl)c1F. The maximum Gasteiger partial charge on any atom is 0.262 e. The Balaban J connectivity index is 3.15. The summed E-state index contributed by atoms with van der Waals surface area (Å²) in [4.78, 5) is 12.2. The van der Waals surface area contributed by atoms with Crippen molar-refractivity contribution in [3.63, 3.8) is 0 Å². The first-order chi connectivity index (χ1) is 11.3. The van der Waals surface area contributed by atoms with Crippen molar-refractivity contribution in [3.8, 4) is 6.07 Å². The monoisotopic (exact) mass is 348 g/mol. The van der Waals surface area contributed by atoms with Crippen LogP contribution in [0.5, 0.6) is 0 Å². The van der Waals surface area contributed by atoms with E-state index in [0.29, 0.717) is 5.57 Å². The normalized spacial score (nSPS) is 13.0. The van der Waals surface area contributed by atoms with E-state index < -0.39 is 34.7 Å². The Morgan fingerprint density at radius 1 is 1.42 bits per heavy atom. The minimum atomic E-state index is -1.04. The highest BCUT2D eigenvalue weighted by atomic mass is 35.5. The quantitative estimate of drug-likeness (QED) is 0.360. The van der Waals surface area contributed by atoms with Crippen molar-refractivity contribution >= 4 is 23.6 Å². The zero-order chi connectivity index (χ0) is 18.3. The lowest BCUT2D eigenvalue weighted by atomic mass is 10.1. The predicted octanol–water partition coefficient (Wildman–Crippen LogP) is 4.33. The molecule has 124 valence electrons. The number of carbonyl (C=O) groups excluding carboxylic acids is 1. The molecule has 1 rings (SSSR count). The van der Waals surface area contributed by atoms with Crippen molar-refractivity contribution in [2.24, 2.45) is 0 Å². The fraction of sp³-hybridized carbons (Fsp3) is 0.111. The maximum atomic E-state index is 13.9. The van der Waals surface area contributed by atoms with Gasteiger partial charge in [-0.25, -0.2) is 8.78 Å². The smallest absolute Gasteiger partial charge is 0.262 e. The number of benzene rings is 1. The number of nitriles is 1. The molecule has 1 N–H and O–H groups in total. The second-order valence-electron chi connectivity index (χ2n) is 4.73. The molecule has 1 atom stereocenters. The van der Waals surface area contributed by atoms with E-state index in [-0.39, 0.29) is 5.02 Å². The molecule has 24 heavy (non-hydrogen) atoms. The van der Waals surface area contributed by atoms with E-state index in [2.05, 4.69) is 18.5 Å². The molecular weight excluding hydrogens is 334 g/mol. The van der Waals surface area contributed by atoms with Crippen LogP contribution in [0.25, 0.3) is 6.08 Å². The van der Waals surface area contributed by atoms with Crippen LogP contribution in [0.3, 0.4) is 0 Å². The van der Waals surface area contributed by atoms with Gasteiger partial charge in [-0.2, -0.15) is 5.26 Å². The summed E-state index contributed by atoms with van der Waals surface area (Å²) in [6, 6.07) is 3.16.